The van der Waals surface area contributed by atoms with Gasteiger partial charge in [0.25, 0.3) is 0 Å². The van der Waals surface area contributed by atoms with Gasteiger partial charge in [0, 0.05) is 12.6 Å². The third kappa shape index (κ3) is 6.02. The van der Waals surface area contributed by atoms with Crippen LogP contribution in [0.1, 0.15) is 26.3 Å². The van der Waals surface area contributed by atoms with Crippen LogP contribution in [-0.2, 0) is 16.7 Å². The summed E-state index contributed by atoms with van der Waals surface area (Å²) in [6, 6.07) is 11.1. The van der Waals surface area contributed by atoms with Crippen molar-refractivity contribution in [2.24, 2.45) is 0 Å². The van der Waals surface area contributed by atoms with Gasteiger partial charge in [-0.1, -0.05) is 41.4 Å². The van der Waals surface area contributed by atoms with Gasteiger partial charge in [0.2, 0.25) is 0 Å². The zero-order valence-corrected chi connectivity index (χ0v) is 18.1. The summed E-state index contributed by atoms with van der Waals surface area (Å²) in [5, 5.41) is 3.41. The molecule has 0 spiro atoms. The van der Waals surface area contributed by atoms with E-state index in [0.29, 0.717) is 15.7 Å². The van der Waals surface area contributed by atoms with E-state index in [4.69, 9.17) is 27.4 Å². The first-order valence-corrected chi connectivity index (χ1v) is 11.0. The maximum Gasteiger partial charge on any atom is 0.322 e. The average Bonchev–Trinajstić information content (AvgIpc) is 2.62. The van der Waals surface area contributed by atoms with Crippen molar-refractivity contribution in [1.29, 1.82) is 0 Å². The Morgan fingerprint density at radius 2 is 1.75 bits per heavy atom. The standard InChI is InChI=1S/C19H22Cl2N2O4S/c1-4-28(25,26)27-15-8-5-7-14(11-15)12-23(13(2)3)19(24)22-18-16(20)9-6-10-17(18)21/h5-11,13H,4,12H2,1-3H3,(H,22,24). The van der Waals surface area contributed by atoms with Crippen LogP contribution < -0.4 is 9.50 Å². The van der Waals surface area contributed by atoms with E-state index in [1.165, 1.54) is 6.92 Å². The Hall–Kier alpha value is -1.96. The lowest BCUT2D eigenvalue weighted by Gasteiger charge is -2.27. The van der Waals surface area contributed by atoms with Gasteiger partial charge in [0.05, 0.1) is 21.5 Å². The molecule has 0 saturated carbocycles. The van der Waals surface area contributed by atoms with E-state index in [0.717, 1.165) is 5.56 Å². The van der Waals surface area contributed by atoms with E-state index in [2.05, 4.69) is 5.32 Å². The lowest BCUT2D eigenvalue weighted by atomic mass is 10.2. The van der Waals surface area contributed by atoms with Crippen LogP contribution in [0.4, 0.5) is 10.5 Å². The van der Waals surface area contributed by atoms with Crippen molar-refractivity contribution in [2.45, 2.75) is 33.4 Å². The number of carbonyl (C=O) groups excluding carboxylic acids is 1. The third-order valence-electron chi connectivity index (χ3n) is 3.91. The zero-order chi connectivity index (χ0) is 20.9. The van der Waals surface area contributed by atoms with E-state index in [9.17, 15) is 13.2 Å². The number of halogens is 2. The summed E-state index contributed by atoms with van der Waals surface area (Å²) in [6.45, 7) is 5.49. The summed E-state index contributed by atoms with van der Waals surface area (Å²) in [5.41, 5.74) is 1.06. The van der Waals surface area contributed by atoms with E-state index in [-0.39, 0.29) is 30.1 Å². The number of para-hydroxylation sites is 1. The fraction of sp³-hybridized carbons (Fsp3) is 0.316. The molecule has 2 rings (SSSR count). The number of nitrogens with zero attached hydrogens (tertiary/aromatic N) is 1. The second-order valence-corrected chi connectivity index (χ2v) is 9.00. The quantitative estimate of drug-likeness (QED) is 0.597. The van der Waals surface area contributed by atoms with Gasteiger partial charge in [-0.25, -0.2) is 4.79 Å². The molecule has 0 aromatic heterocycles. The first kappa shape index (κ1) is 22.3. The maximum absolute atomic E-state index is 12.8. The Morgan fingerprint density at radius 1 is 1.14 bits per heavy atom. The lowest BCUT2D eigenvalue weighted by molar-refractivity contribution is 0.193. The number of nitrogens with one attached hydrogen (secondary N) is 1. The maximum atomic E-state index is 12.8. The van der Waals surface area contributed by atoms with E-state index >= 15 is 0 Å². The van der Waals surface area contributed by atoms with Crippen LogP contribution in [0.3, 0.4) is 0 Å². The molecule has 0 aliphatic carbocycles. The highest BCUT2D eigenvalue weighted by Gasteiger charge is 2.20. The number of benzene rings is 2. The van der Waals surface area contributed by atoms with E-state index in [1.807, 2.05) is 13.8 Å². The molecular weight excluding hydrogens is 423 g/mol. The lowest BCUT2D eigenvalue weighted by Crippen LogP contribution is -2.39. The van der Waals surface area contributed by atoms with Crippen molar-refractivity contribution >= 4 is 45.0 Å². The minimum atomic E-state index is -3.62. The molecule has 0 atom stereocenters. The fourth-order valence-electron chi connectivity index (χ4n) is 2.38. The first-order chi connectivity index (χ1) is 13.1. The zero-order valence-electron chi connectivity index (χ0n) is 15.8. The summed E-state index contributed by atoms with van der Waals surface area (Å²) in [7, 11) is -3.62. The minimum Gasteiger partial charge on any atom is -0.382 e. The van der Waals surface area contributed by atoms with Crippen molar-refractivity contribution in [3.63, 3.8) is 0 Å². The number of hydrogen-bond donors (Lipinski definition) is 1. The Balaban J connectivity index is 2.20. The summed E-state index contributed by atoms with van der Waals surface area (Å²) in [5.74, 6) is 0.0775. The van der Waals surface area contributed by atoms with E-state index < -0.39 is 10.1 Å². The predicted octanol–water partition coefficient (Wildman–Crippen LogP) is 5.16. The third-order valence-corrected chi connectivity index (χ3v) is 5.69. The second kappa shape index (κ2) is 9.49. The SMILES string of the molecule is CCS(=O)(=O)Oc1cccc(CN(C(=O)Nc2c(Cl)cccc2Cl)C(C)C)c1. The van der Waals surface area contributed by atoms with Gasteiger partial charge in [-0.05, 0) is 50.6 Å². The van der Waals surface area contributed by atoms with Crippen molar-refractivity contribution in [3.8, 4) is 5.75 Å². The van der Waals surface area contributed by atoms with Gasteiger partial charge >= 0.3 is 16.1 Å². The predicted molar refractivity (Wildman–Crippen MR) is 113 cm³/mol. The van der Waals surface area contributed by atoms with Crippen molar-refractivity contribution in [3.05, 3.63) is 58.1 Å². The molecule has 9 heteroatoms. The summed E-state index contributed by atoms with van der Waals surface area (Å²) < 4.78 is 28.4. The Kier molecular flexibility index (Phi) is 7.57. The number of hydrogen-bond acceptors (Lipinski definition) is 4. The highest BCUT2D eigenvalue weighted by atomic mass is 35.5. The Bertz CT molecular complexity index is 928. The Morgan fingerprint density at radius 3 is 2.32 bits per heavy atom. The van der Waals surface area contributed by atoms with Gasteiger partial charge in [-0.3, -0.25) is 0 Å². The van der Waals surface area contributed by atoms with Crippen LogP contribution in [0.2, 0.25) is 10.0 Å². The highest BCUT2D eigenvalue weighted by molar-refractivity contribution is 7.87. The normalized spacial score (nSPS) is 11.4. The topological polar surface area (TPSA) is 75.7 Å². The van der Waals surface area contributed by atoms with Crippen molar-refractivity contribution in [1.82, 2.24) is 4.90 Å². The Labute approximate surface area is 175 Å². The van der Waals surface area contributed by atoms with Crippen LogP contribution >= 0.6 is 23.2 Å². The molecule has 0 bridgehead atoms. The summed E-state index contributed by atoms with van der Waals surface area (Å²) >= 11 is 12.2. The highest BCUT2D eigenvalue weighted by Crippen LogP contribution is 2.30. The molecule has 28 heavy (non-hydrogen) atoms. The monoisotopic (exact) mass is 444 g/mol. The summed E-state index contributed by atoms with van der Waals surface area (Å²) in [4.78, 5) is 14.4. The molecule has 152 valence electrons. The minimum absolute atomic E-state index is 0.129. The molecule has 2 amide bonds. The number of amides is 2. The molecule has 0 saturated heterocycles. The van der Waals surface area contributed by atoms with Crippen LogP contribution in [0.5, 0.6) is 5.75 Å². The average molecular weight is 445 g/mol. The number of anilines is 1. The smallest absolute Gasteiger partial charge is 0.322 e. The number of carbonyl (C=O) groups is 1. The molecule has 0 heterocycles. The molecule has 0 fully saturated rings. The van der Waals surface area contributed by atoms with Gasteiger partial charge in [0.1, 0.15) is 5.75 Å². The van der Waals surface area contributed by atoms with Gasteiger partial charge in [-0.2, -0.15) is 8.42 Å². The van der Waals surface area contributed by atoms with Crippen LogP contribution in [-0.4, -0.2) is 31.1 Å². The largest absolute Gasteiger partial charge is 0.382 e. The number of urea groups is 1. The molecule has 0 aliphatic heterocycles. The van der Waals surface area contributed by atoms with Crippen LogP contribution in [0.25, 0.3) is 0 Å². The molecule has 1 N–H and O–H groups in total. The first-order valence-electron chi connectivity index (χ1n) is 8.65. The number of rotatable bonds is 7. The molecule has 0 unspecified atom stereocenters. The van der Waals surface area contributed by atoms with Gasteiger partial charge < -0.3 is 14.4 Å². The van der Waals surface area contributed by atoms with Gasteiger partial charge in [-0.15, -0.1) is 0 Å². The van der Waals surface area contributed by atoms with Crippen LogP contribution in [0.15, 0.2) is 42.5 Å². The van der Waals surface area contributed by atoms with Crippen LogP contribution in [0, 0.1) is 0 Å². The molecule has 2 aromatic carbocycles. The molecular formula is C19H22Cl2N2O4S. The molecule has 0 aliphatic rings. The van der Waals surface area contributed by atoms with Crippen molar-refractivity contribution in [2.75, 3.05) is 11.1 Å². The second-order valence-electron chi connectivity index (χ2n) is 6.33. The van der Waals surface area contributed by atoms with E-state index in [1.54, 1.807) is 47.4 Å². The molecule has 0 radical (unpaired) electrons. The molecule has 2 aromatic rings. The van der Waals surface area contributed by atoms with Gasteiger partial charge in [0.15, 0.2) is 0 Å². The fourth-order valence-corrected chi connectivity index (χ4v) is 3.39. The summed E-state index contributed by atoms with van der Waals surface area (Å²) in [6.07, 6.45) is 0. The molecule has 6 nitrogen and oxygen atoms in total. The van der Waals surface area contributed by atoms with Crippen molar-refractivity contribution < 1.29 is 17.4 Å².